The van der Waals surface area contributed by atoms with Crippen molar-refractivity contribution >= 4 is 35.3 Å². The molecule has 1 radical (unpaired) electrons. The van der Waals surface area contributed by atoms with E-state index < -0.39 is 14.4 Å². The van der Waals surface area contributed by atoms with Gasteiger partial charge in [-0.15, -0.1) is 48.0 Å². The van der Waals surface area contributed by atoms with E-state index >= 15 is 0 Å². The summed E-state index contributed by atoms with van der Waals surface area (Å²) in [5.74, 6) is 0.613. The van der Waals surface area contributed by atoms with E-state index in [1.54, 1.807) is 0 Å². The van der Waals surface area contributed by atoms with E-state index in [1.807, 2.05) is 80.8 Å². The average Bonchev–Trinajstić information content (AvgIpc) is 3.97. The first-order chi connectivity index (χ1) is 29.2. The Morgan fingerprint density at radius 3 is 2.17 bits per heavy atom. The molecule has 60 heavy (non-hydrogen) atoms. The van der Waals surface area contributed by atoms with Crippen LogP contribution in [0.25, 0.3) is 67.0 Å². The summed E-state index contributed by atoms with van der Waals surface area (Å²) < 4.78 is 23.7. The summed E-state index contributed by atoms with van der Waals surface area (Å²) in [5, 5.41) is 3.16. The molecule has 1 aliphatic carbocycles. The normalized spacial score (nSPS) is 14.1. The summed E-state index contributed by atoms with van der Waals surface area (Å²) in [4.78, 5) is 14.4. The molecule has 0 bridgehead atoms. The molecule has 1 fully saturated rings. The average molecular weight is 984 g/mol. The van der Waals surface area contributed by atoms with Crippen molar-refractivity contribution in [3.8, 4) is 44.9 Å². The number of fused-ring (bicyclic) bond motifs is 3. The zero-order valence-corrected chi connectivity index (χ0v) is 39.2. The minimum absolute atomic E-state index is 0. The quantitative estimate of drug-likeness (QED) is 0.107. The van der Waals surface area contributed by atoms with Gasteiger partial charge in [0.25, 0.3) is 0 Å². The van der Waals surface area contributed by atoms with E-state index in [2.05, 4.69) is 117 Å². The fraction of sp³-hybridized carbons (Fsp3) is 0.278. The number of hydrogen-bond acceptors (Lipinski definition) is 4. The number of pyridine rings is 3. The van der Waals surface area contributed by atoms with E-state index in [9.17, 15) is 0 Å². The van der Waals surface area contributed by atoms with Gasteiger partial charge < -0.3 is 14.4 Å². The van der Waals surface area contributed by atoms with Crippen LogP contribution in [0.4, 0.5) is 0 Å². The molecule has 0 unspecified atom stereocenters. The van der Waals surface area contributed by atoms with Crippen LogP contribution in [-0.2, 0) is 31.9 Å². The molecule has 1 saturated carbocycles. The molecule has 4 aromatic heterocycles. The second kappa shape index (κ2) is 18.3. The van der Waals surface area contributed by atoms with Crippen LogP contribution in [0, 0.1) is 24.0 Å². The first-order valence-corrected chi connectivity index (χ1v) is 24.6. The maximum Gasteiger partial charge on any atom is 0.216 e. The smallest absolute Gasteiger partial charge is 0.216 e. The Balaban J connectivity index is 0.000000215. The van der Waals surface area contributed by atoms with Crippen molar-refractivity contribution in [3.63, 3.8) is 0 Å². The summed E-state index contributed by atoms with van der Waals surface area (Å²) in [6.07, 6.45) is 7.73. The van der Waals surface area contributed by atoms with E-state index in [4.69, 9.17) is 17.1 Å². The molecule has 0 saturated heterocycles. The number of furan rings is 1. The molecule has 307 valence electrons. The maximum atomic E-state index is 8.55. The van der Waals surface area contributed by atoms with Gasteiger partial charge in [0.05, 0.1) is 19.4 Å². The van der Waals surface area contributed by atoms with Gasteiger partial charge in [0.1, 0.15) is 0 Å². The van der Waals surface area contributed by atoms with Crippen molar-refractivity contribution in [2.75, 3.05) is 0 Å². The van der Waals surface area contributed by atoms with Gasteiger partial charge in [-0.25, -0.2) is 4.98 Å². The monoisotopic (exact) mass is 984 g/mol. The van der Waals surface area contributed by atoms with E-state index in [0.717, 1.165) is 72.0 Å². The molecule has 0 N–H and O–H groups in total. The molecule has 0 aliphatic heterocycles. The first-order valence-electron chi connectivity index (χ1n) is 22.1. The van der Waals surface area contributed by atoms with Crippen molar-refractivity contribution in [2.24, 2.45) is 11.8 Å². The number of benzene rings is 4. The Morgan fingerprint density at radius 2 is 1.50 bits per heavy atom. The van der Waals surface area contributed by atoms with Crippen molar-refractivity contribution in [1.29, 1.82) is 0 Å². The third kappa shape index (κ3) is 9.17. The zero-order valence-electron chi connectivity index (χ0n) is 37.8. The Hall–Kier alpha value is -5.00. The van der Waals surface area contributed by atoms with Crippen molar-refractivity contribution in [2.45, 2.75) is 84.8 Å². The van der Waals surface area contributed by atoms with Crippen LogP contribution in [0.15, 0.2) is 138 Å². The van der Waals surface area contributed by atoms with Gasteiger partial charge >= 0.3 is 0 Å². The SMILES string of the molecule is CC(C)(c1ccnc(-c2[c-]cc(-c3ccccc3)c3c2oc2nc(-c4ccccc4)ccc23)c1)C1CCCC1.[2H]C([2H])(c1cc(-c2[c-]cccc2)ncc1[Si](C)(C)C)C(C)C.[Ir]. The molecule has 4 heterocycles. The summed E-state index contributed by atoms with van der Waals surface area (Å²) in [5.41, 5.74) is 11.3. The summed E-state index contributed by atoms with van der Waals surface area (Å²) in [7, 11) is -1.67. The molecule has 0 spiro atoms. The molecule has 4 nitrogen and oxygen atoms in total. The van der Waals surface area contributed by atoms with Gasteiger partial charge in [0.2, 0.25) is 5.71 Å². The second-order valence-electron chi connectivity index (χ2n) is 17.7. The molecular formula is C54H55IrN3OSi-2. The van der Waals surface area contributed by atoms with Gasteiger partial charge in [0, 0.05) is 46.2 Å². The van der Waals surface area contributed by atoms with Gasteiger partial charge in [-0.2, -0.15) is 0 Å². The standard InChI is InChI=1S/C36H31N2O.C18H24NSi.Ir/c1-36(2,26-15-9-10-16-26)27-21-22-37-32(23-27)29-18-17-28(24-11-5-3-6-12-24)33-30-19-20-31(25-13-7-4-8-14-25)38-35(30)39-34(29)33;1-14(2)11-16-12-17(15-9-7-6-8-10-15)19-13-18(16)20(3,4)5;/h3-8,11-14,17,19-23,26H,9-10,15-16H2,1-2H3;6-9,12-14H,11H2,1-5H3;/q2*-1;/i;11D2;. The first kappa shape index (κ1) is 40.4. The third-order valence-corrected chi connectivity index (χ3v) is 13.9. The van der Waals surface area contributed by atoms with Crippen LogP contribution in [0.5, 0.6) is 0 Å². The van der Waals surface area contributed by atoms with E-state index in [1.165, 1.54) is 31.2 Å². The van der Waals surface area contributed by atoms with Crippen molar-refractivity contribution < 1.29 is 27.3 Å². The zero-order chi connectivity index (χ0) is 42.9. The Bertz CT molecular complexity index is 2780. The molecule has 4 aromatic carbocycles. The summed E-state index contributed by atoms with van der Waals surface area (Å²) >= 11 is 0. The fourth-order valence-electron chi connectivity index (χ4n) is 8.54. The Labute approximate surface area is 374 Å². The van der Waals surface area contributed by atoms with Gasteiger partial charge in [-0.05, 0) is 82.2 Å². The maximum absolute atomic E-state index is 8.55. The van der Waals surface area contributed by atoms with Crippen LogP contribution in [0.1, 0.15) is 67.2 Å². The molecular weight excluding hydrogens is 927 g/mol. The number of hydrogen-bond donors (Lipinski definition) is 0. The molecule has 0 amide bonds. The minimum Gasteiger partial charge on any atom is -0.486 e. The molecule has 0 atom stereocenters. The number of rotatable bonds is 9. The van der Waals surface area contributed by atoms with Crippen LogP contribution in [0.3, 0.4) is 0 Å². The molecule has 9 rings (SSSR count). The number of aromatic nitrogens is 3. The summed E-state index contributed by atoms with van der Waals surface area (Å²) in [6, 6.07) is 47.8. The van der Waals surface area contributed by atoms with Crippen LogP contribution >= 0.6 is 0 Å². The van der Waals surface area contributed by atoms with E-state index in [0.29, 0.717) is 11.6 Å². The van der Waals surface area contributed by atoms with Crippen LogP contribution in [-0.4, -0.2) is 23.0 Å². The number of nitrogens with zero attached hydrogens (tertiary/aromatic N) is 3. The molecule has 8 aromatic rings. The largest absolute Gasteiger partial charge is 0.486 e. The summed E-state index contributed by atoms with van der Waals surface area (Å²) in [6.45, 7) is 15.3. The predicted molar refractivity (Wildman–Crippen MR) is 249 cm³/mol. The van der Waals surface area contributed by atoms with Gasteiger partial charge in [-0.3, -0.25) is 0 Å². The molecule has 1 aliphatic rings. The molecule has 6 heteroatoms. The van der Waals surface area contributed by atoms with E-state index in [-0.39, 0.29) is 31.4 Å². The predicted octanol–water partition coefficient (Wildman–Crippen LogP) is 13.9. The van der Waals surface area contributed by atoms with Gasteiger partial charge in [0.15, 0.2) is 0 Å². The second-order valence-corrected chi connectivity index (χ2v) is 22.8. The van der Waals surface area contributed by atoms with Gasteiger partial charge in [-0.1, -0.05) is 155 Å². The topological polar surface area (TPSA) is 51.8 Å². The Kier molecular flexibility index (Phi) is 12.3. The third-order valence-electron chi connectivity index (χ3n) is 11.8. The van der Waals surface area contributed by atoms with Crippen molar-refractivity contribution in [1.82, 2.24) is 15.0 Å². The van der Waals surface area contributed by atoms with Crippen LogP contribution in [0.2, 0.25) is 19.6 Å². The van der Waals surface area contributed by atoms with Crippen LogP contribution < -0.4 is 5.19 Å². The Morgan fingerprint density at radius 1 is 0.800 bits per heavy atom. The van der Waals surface area contributed by atoms with Crippen molar-refractivity contribution in [3.05, 3.63) is 157 Å². The minimum atomic E-state index is -1.67. The fourth-order valence-corrected chi connectivity index (χ4v) is 9.95.